The Morgan fingerprint density at radius 2 is 1.95 bits per heavy atom. The van der Waals surface area contributed by atoms with E-state index in [1.54, 1.807) is 18.9 Å². The lowest BCUT2D eigenvalue weighted by atomic mass is 10.2. The van der Waals surface area contributed by atoms with Crippen LogP contribution in [0.3, 0.4) is 0 Å². The molecule has 0 saturated heterocycles. The normalized spacial score (nSPS) is 11.8. The molecule has 4 heteroatoms. The second-order valence-electron chi connectivity index (χ2n) is 5.25. The van der Waals surface area contributed by atoms with Crippen LogP contribution in [0.1, 0.15) is 18.1 Å². The maximum Gasteiger partial charge on any atom is 0.237 e. The third-order valence-electron chi connectivity index (χ3n) is 3.34. The van der Waals surface area contributed by atoms with E-state index in [-0.39, 0.29) is 11.2 Å². The molecule has 0 fully saturated rings. The molecule has 2 aromatic carbocycles. The molecule has 0 aliphatic rings. The van der Waals surface area contributed by atoms with Crippen LogP contribution in [0, 0.1) is 13.8 Å². The van der Waals surface area contributed by atoms with Crippen molar-refractivity contribution in [2.75, 3.05) is 12.4 Å². The Morgan fingerprint density at radius 3 is 2.64 bits per heavy atom. The van der Waals surface area contributed by atoms with E-state index in [2.05, 4.69) is 37.4 Å². The molecule has 0 bridgehead atoms. The van der Waals surface area contributed by atoms with Gasteiger partial charge in [0.2, 0.25) is 5.91 Å². The summed E-state index contributed by atoms with van der Waals surface area (Å²) in [7, 11) is 1.61. The van der Waals surface area contributed by atoms with Crippen LogP contribution in [0.15, 0.2) is 47.4 Å². The van der Waals surface area contributed by atoms with E-state index in [0.717, 1.165) is 16.3 Å². The SMILES string of the molecule is COc1cccc(NC(=O)[C@H](C)Sc2ccc(C)cc2C)c1. The van der Waals surface area contributed by atoms with Gasteiger partial charge in [0.1, 0.15) is 5.75 Å². The molecule has 0 unspecified atom stereocenters. The zero-order chi connectivity index (χ0) is 16.1. The molecule has 22 heavy (non-hydrogen) atoms. The van der Waals surface area contributed by atoms with Gasteiger partial charge >= 0.3 is 0 Å². The zero-order valence-electron chi connectivity index (χ0n) is 13.3. The molecule has 0 radical (unpaired) electrons. The summed E-state index contributed by atoms with van der Waals surface area (Å²) in [4.78, 5) is 13.5. The Labute approximate surface area is 136 Å². The van der Waals surface area contributed by atoms with Gasteiger partial charge in [-0.2, -0.15) is 0 Å². The fourth-order valence-electron chi connectivity index (χ4n) is 2.12. The molecule has 2 aromatic rings. The highest BCUT2D eigenvalue weighted by Gasteiger charge is 2.15. The third kappa shape index (κ3) is 4.28. The molecule has 0 aromatic heterocycles. The molecule has 1 N–H and O–H groups in total. The first-order valence-corrected chi connectivity index (χ1v) is 8.06. The molecule has 1 amide bonds. The Morgan fingerprint density at radius 1 is 1.18 bits per heavy atom. The highest BCUT2D eigenvalue weighted by molar-refractivity contribution is 8.00. The van der Waals surface area contributed by atoms with Gasteiger partial charge in [0, 0.05) is 16.6 Å². The average molecular weight is 315 g/mol. The van der Waals surface area contributed by atoms with Crippen LogP contribution in [-0.4, -0.2) is 18.3 Å². The predicted molar refractivity (Wildman–Crippen MR) is 92.9 cm³/mol. The van der Waals surface area contributed by atoms with Crippen molar-refractivity contribution in [3.8, 4) is 5.75 Å². The maximum absolute atomic E-state index is 12.3. The summed E-state index contributed by atoms with van der Waals surface area (Å²) >= 11 is 1.57. The monoisotopic (exact) mass is 315 g/mol. The number of amides is 1. The van der Waals surface area contributed by atoms with Gasteiger partial charge in [-0.25, -0.2) is 0 Å². The van der Waals surface area contributed by atoms with Gasteiger partial charge in [0.15, 0.2) is 0 Å². The number of aryl methyl sites for hydroxylation is 2. The molecular weight excluding hydrogens is 294 g/mol. The van der Waals surface area contributed by atoms with Crippen molar-refractivity contribution in [3.63, 3.8) is 0 Å². The van der Waals surface area contributed by atoms with E-state index in [1.807, 2.05) is 31.2 Å². The molecule has 2 rings (SSSR count). The van der Waals surface area contributed by atoms with E-state index < -0.39 is 0 Å². The van der Waals surface area contributed by atoms with Crippen molar-refractivity contribution < 1.29 is 9.53 Å². The van der Waals surface area contributed by atoms with Crippen molar-refractivity contribution in [1.82, 2.24) is 0 Å². The number of carbonyl (C=O) groups is 1. The number of carbonyl (C=O) groups excluding carboxylic acids is 1. The number of hydrogen-bond acceptors (Lipinski definition) is 3. The van der Waals surface area contributed by atoms with Crippen molar-refractivity contribution in [1.29, 1.82) is 0 Å². The molecular formula is C18H21NO2S. The van der Waals surface area contributed by atoms with E-state index in [0.29, 0.717) is 0 Å². The van der Waals surface area contributed by atoms with Gasteiger partial charge < -0.3 is 10.1 Å². The Balaban J connectivity index is 2.02. The predicted octanol–water partition coefficient (Wildman–Crippen LogP) is 4.43. The number of benzene rings is 2. The average Bonchev–Trinajstić information content (AvgIpc) is 2.50. The molecule has 0 spiro atoms. The molecule has 0 heterocycles. The second kappa shape index (κ2) is 7.36. The number of thioether (sulfide) groups is 1. The Hall–Kier alpha value is -1.94. The van der Waals surface area contributed by atoms with E-state index in [4.69, 9.17) is 4.74 Å². The lowest BCUT2D eigenvalue weighted by Crippen LogP contribution is -2.22. The zero-order valence-corrected chi connectivity index (χ0v) is 14.2. The fraction of sp³-hybridized carbons (Fsp3) is 0.278. The summed E-state index contributed by atoms with van der Waals surface area (Å²) in [5, 5.41) is 2.75. The molecule has 0 aliphatic heterocycles. The Bertz CT molecular complexity index is 670. The lowest BCUT2D eigenvalue weighted by molar-refractivity contribution is -0.115. The van der Waals surface area contributed by atoms with Crippen molar-refractivity contribution in [2.24, 2.45) is 0 Å². The van der Waals surface area contributed by atoms with E-state index >= 15 is 0 Å². The number of hydrogen-bond donors (Lipinski definition) is 1. The summed E-state index contributed by atoms with van der Waals surface area (Å²) < 4.78 is 5.16. The minimum atomic E-state index is -0.174. The van der Waals surface area contributed by atoms with E-state index in [1.165, 1.54) is 11.1 Å². The number of anilines is 1. The second-order valence-corrected chi connectivity index (χ2v) is 6.63. The quantitative estimate of drug-likeness (QED) is 0.829. The lowest BCUT2D eigenvalue weighted by Gasteiger charge is -2.14. The third-order valence-corrected chi connectivity index (χ3v) is 4.62. The minimum Gasteiger partial charge on any atom is -0.497 e. The summed E-state index contributed by atoms with van der Waals surface area (Å²) in [5.74, 6) is 0.714. The van der Waals surface area contributed by atoms with Gasteiger partial charge in [-0.15, -0.1) is 11.8 Å². The first kappa shape index (κ1) is 16.4. The van der Waals surface area contributed by atoms with Crippen LogP contribution in [0.5, 0.6) is 5.75 Å². The molecule has 1 atom stereocenters. The van der Waals surface area contributed by atoms with Gasteiger partial charge in [-0.3, -0.25) is 4.79 Å². The van der Waals surface area contributed by atoms with E-state index in [9.17, 15) is 4.79 Å². The number of rotatable bonds is 5. The van der Waals surface area contributed by atoms with Gasteiger partial charge in [0.25, 0.3) is 0 Å². The number of methoxy groups -OCH3 is 1. The fourth-order valence-corrected chi connectivity index (χ4v) is 3.06. The van der Waals surface area contributed by atoms with Crippen molar-refractivity contribution in [3.05, 3.63) is 53.6 Å². The van der Waals surface area contributed by atoms with Gasteiger partial charge in [-0.05, 0) is 44.5 Å². The molecule has 0 saturated carbocycles. The summed E-state index contributed by atoms with van der Waals surface area (Å²) in [6.07, 6.45) is 0. The van der Waals surface area contributed by atoms with Crippen LogP contribution in [0.4, 0.5) is 5.69 Å². The topological polar surface area (TPSA) is 38.3 Å². The summed E-state index contributed by atoms with van der Waals surface area (Å²) in [6.45, 7) is 6.06. The first-order chi connectivity index (χ1) is 10.5. The minimum absolute atomic E-state index is 0.0155. The van der Waals surface area contributed by atoms with Crippen molar-refractivity contribution >= 4 is 23.4 Å². The van der Waals surface area contributed by atoms with Crippen LogP contribution in [0.2, 0.25) is 0 Å². The van der Waals surface area contributed by atoms with Crippen LogP contribution in [-0.2, 0) is 4.79 Å². The number of nitrogens with one attached hydrogen (secondary N) is 1. The van der Waals surface area contributed by atoms with Crippen LogP contribution in [0.25, 0.3) is 0 Å². The largest absolute Gasteiger partial charge is 0.497 e. The van der Waals surface area contributed by atoms with Gasteiger partial charge in [0.05, 0.1) is 12.4 Å². The summed E-state index contributed by atoms with van der Waals surface area (Å²) in [6, 6.07) is 13.7. The van der Waals surface area contributed by atoms with Crippen LogP contribution >= 0.6 is 11.8 Å². The highest BCUT2D eigenvalue weighted by Crippen LogP contribution is 2.28. The Kier molecular flexibility index (Phi) is 5.50. The number of ether oxygens (including phenoxy) is 1. The smallest absolute Gasteiger partial charge is 0.237 e. The first-order valence-electron chi connectivity index (χ1n) is 7.18. The summed E-state index contributed by atoms with van der Waals surface area (Å²) in [5.41, 5.74) is 3.18. The molecule has 0 aliphatic carbocycles. The van der Waals surface area contributed by atoms with Gasteiger partial charge in [-0.1, -0.05) is 23.8 Å². The molecule has 116 valence electrons. The standard InChI is InChI=1S/C18H21NO2S/c1-12-8-9-17(13(2)10-12)22-14(3)18(20)19-15-6-5-7-16(11-15)21-4/h5-11,14H,1-4H3,(H,19,20)/t14-/m0/s1. The molecule has 3 nitrogen and oxygen atoms in total. The highest BCUT2D eigenvalue weighted by atomic mass is 32.2. The van der Waals surface area contributed by atoms with Crippen LogP contribution < -0.4 is 10.1 Å². The van der Waals surface area contributed by atoms with Crippen molar-refractivity contribution in [2.45, 2.75) is 30.9 Å². The maximum atomic E-state index is 12.3.